The Morgan fingerprint density at radius 3 is 2.81 bits per heavy atom. The number of benzene rings is 1. The lowest BCUT2D eigenvalue weighted by Gasteiger charge is -2.31. The van der Waals surface area contributed by atoms with Gasteiger partial charge >= 0.3 is 0 Å². The summed E-state index contributed by atoms with van der Waals surface area (Å²) in [5.41, 5.74) is 4.23. The summed E-state index contributed by atoms with van der Waals surface area (Å²) in [6.45, 7) is 11.1. The first-order valence-corrected chi connectivity index (χ1v) is 11.3. The minimum atomic E-state index is 0.836. The van der Waals surface area contributed by atoms with Gasteiger partial charge in [0.05, 0.1) is 6.61 Å². The smallest absolute Gasteiger partial charge is 0.119 e. The Hall–Kier alpha value is -1.13. The van der Waals surface area contributed by atoms with E-state index in [2.05, 4.69) is 59.7 Å². The molecule has 144 valence electrons. The van der Waals surface area contributed by atoms with Crippen molar-refractivity contribution < 1.29 is 4.74 Å². The van der Waals surface area contributed by atoms with Crippen LogP contribution >= 0.6 is 11.8 Å². The molecule has 1 aromatic carbocycles. The van der Waals surface area contributed by atoms with Crippen LogP contribution in [-0.4, -0.2) is 55.7 Å². The molecule has 0 saturated carbocycles. The number of aryl methyl sites for hydroxylation is 1. The Labute approximate surface area is 163 Å². The molecule has 3 rings (SSSR count). The number of fused-ring (bicyclic) bond motifs is 1. The molecule has 1 aromatic rings. The van der Waals surface area contributed by atoms with Crippen molar-refractivity contribution in [3.8, 4) is 5.75 Å². The molecule has 0 amide bonds. The van der Waals surface area contributed by atoms with Crippen molar-refractivity contribution in [2.75, 3.05) is 55.7 Å². The maximum absolute atomic E-state index is 6.04. The number of unbranched alkanes of at least 4 members (excludes halogenated alkanes) is 1. The van der Waals surface area contributed by atoms with E-state index in [9.17, 15) is 0 Å². The Kier molecular flexibility index (Phi) is 7.75. The maximum atomic E-state index is 6.04. The molecule has 0 spiro atoms. The van der Waals surface area contributed by atoms with Crippen LogP contribution in [0.15, 0.2) is 29.8 Å². The monoisotopic (exact) mass is 374 g/mol. The predicted octanol–water partition coefficient (Wildman–Crippen LogP) is 4.61. The van der Waals surface area contributed by atoms with E-state index >= 15 is 0 Å². The first kappa shape index (κ1) is 19.6. The molecular weight excluding hydrogens is 340 g/mol. The second kappa shape index (κ2) is 10.3. The lowest BCUT2D eigenvalue weighted by molar-refractivity contribution is 0.265. The summed E-state index contributed by atoms with van der Waals surface area (Å²) in [7, 11) is 0. The van der Waals surface area contributed by atoms with E-state index in [4.69, 9.17) is 4.74 Å². The third kappa shape index (κ3) is 5.95. The Balaban J connectivity index is 1.44. The fraction of sp³-hybridized carbons (Fsp3) is 0.636. The van der Waals surface area contributed by atoms with Crippen molar-refractivity contribution in [1.82, 2.24) is 4.90 Å². The second-order valence-corrected chi connectivity index (χ2v) is 8.86. The minimum absolute atomic E-state index is 0.836. The summed E-state index contributed by atoms with van der Waals surface area (Å²) in [5.74, 6) is 3.65. The van der Waals surface area contributed by atoms with Gasteiger partial charge in [0.1, 0.15) is 5.75 Å². The molecular formula is C22H34N2OS. The number of hydrogen-bond acceptors (Lipinski definition) is 4. The number of hydrogen-bond donors (Lipinski definition) is 0. The molecule has 0 bridgehead atoms. The van der Waals surface area contributed by atoms with Crippen LogP contribution in [-0.2, 0) is 6.42 Å². The van der Waals surface area contributed by atoms with Crippen LogP contribution in [0, 0.1) is 0 Å². The number of rotatable bonds is 8. The Bertz CT molecular complexity index is 592. The highest BCUT2D eigenvalue weighted by Gasteiger charge is 2.16. The molecule has 0 radical (unpaired) electrons. The zero-order valence-electron chi connectivity index (χ0n) is 16.5. The fourth-order valence-corrected chi connectivity index (χ4v) is 4.65. The summed E-state index contributed by atoms with van der Waals surface area (Å²) in [5, 5.41) is 0. The summed E-state index contributed by atoms with van der Waals surface area (Å²) in [6, 6.07) is 6.68. The van der Waals surface area contributed by atoms with Crippen molar-refractivity contribution in [2.45, 2.75) is 39.5 Å². The molecule has 0 unspecified atom stereocenters. The van der Waals surface area contributed by atoms with E-state index in [1.807, 2.05) is 0 Å². The summed E-state index contributed by atoms with van der Waals surface area (Å²) < 4.78 is 6.04. The van der Waals surface area contributed by atoms with Crippen LogP contribution in [0.4, 0.5) is 5.69 Å². The Morgan fingerprint density at radius 1 is 1.15 bits per heavy atom. The van der Waals surface area contributed by atoms with Crippen LogP contribution < -0.4 is 9.64 Å². The van der Waals surface area contributed by atoms with Gasteiger partial charge in [-0.15, -0.1) is 0 Å². The third-order valence-corrected chi connectivity index (χ3v) is 6.17. The van der Waals surface area contributed by atoms with Crippen LogP contribution in [0.1, 0.15) is 38.7 Å². The molecule has 2 aliphatic rings. The molecule has 0 atom stereocenters. The third-order valence-electron chi connectivity index (χ3n) is 5.23. The first-order valence-electron chi connectivity index (χ1n) is 10.2. The molecule has 4 heteroatoms. The molecule has 0 aliphatic carbocycles. The first-order chi connectivity index (χ1) is 12.7. The topological polar surface area (TPSA) is 15.7 Å². The van der Waals surface area contributed by atoms with Gasteiger partial charge in [0, 0.05) is 43.4 Å². The lowest BCUT2D eigenvalue weighted by Crippen LogP contribution is -2.33. The van der Waals surface area contributed by atoms with Gasteiger partial charge in [-0.1, -0.05) is 11.6 Å². The highest BCUT2D eigenvalue weighted by molar-refractivity contribution is 7.99. The molecule has 2 aliphatic heterocycles. The fourth-order valence-electron chi connectivity index (χ4n) is 3.68. The van der Waals surface area contributed by atoms with Gasteiger partial charge in [-0.3, -0.25) is 0 Å². The van der Waals surface area contributed by atoms with E-state index in [1.54, 1.807) is 0 Å². The van der Waals surface area contributed by atoms with E-state index in [0.717, 1.165) is 31.9 Å². The van der Waals surface area contributed by atoms with Crippen molar-refractivity contribution in [3.63, 3.8) is 0 Å². The maximum Gasteiger partial charge on any atom is 0.119 e. The number of anilines is 1. The number of ether oxygens (including phenoxy) is 1. The van der Waals surface area contributed by atoms with Gasteiger partial charge in [0.25, 0.3) is 0 Å². The zero-order chi connectivity index (χ0) is 18.2. The summed E-state index contributed by atoms with van der Waals surface area (Å²) >= 11 is 2.08. The van der Waals surface area contributed by atoms with Gasteiger partial charge in [-0.05, 0) is 69.8 Å². The number of allylic oxidation sites excluding steroid dienone is 1. The standard InChI is InChI=1S/C22H34N2OS/c1-19(2)9-12-24-11-5-6-20-18-21(7-8-22(20)24)25-15-4-3-10-23-13-16-26-17-14-23/h7-9,18H,3-6,10-17H2,1-2H3. The minimum Gasteiger partial charge on any atom is -0.494 e. The molecule has 1 fully saturated rings. The van der Waals surface area contributed by atoms with Crippen molar-refractivity contribution in [3.05, 3.63) is 35.4 Å². The van der Waals surface area contributed by atoms with E-state index in [1.165, 1.54) is 67.2 Å². The van der Waals surface area contributed by atoms with Crippen LogP contribution in [0.25, 0.3) is 0 Å². The lowest BCUT2D eigenvalue weighted by atomic mass is 10.0. The normalized spacial score (nSPS) is 17.7. The number of thioether (sulfide) groups is 1. The molecule has 2 heterocycles. The van der Waals surface area contributed by atoms with Crippen LogP contribution in [0.5, 0.6) is 5.75 Å². The number of nitrogens with zero attached hydrogens (tertiary/aromatic N) is 2. The SMILES string of the molecule is CC(C)=CCN1CCCc2cc(OCCCCN3CCSCC3)ccc21. The van der Waals surface area contributed by atoms with E-state index < -0.39 is 0 Å². The van der Waals surface area contributed by atoms with E-state index in [0.29, 0.717) is 0 Å². The van der Waals surface area contributed by atoms with Gasteiger partial charge in [0.15, 0.2) is 0 Å². The van der Waals surface area contributed by atoms with Gasteiger partial charge in [-0.2, -0.15) is 11.8 Å². The average Bonchev–Trinajstić information content (AvgIpc) is 2.66. The van der Waals surface area contributed by atoms with Gasteiger partial charge in [0.2, 0.25) is 0 Å². The molecule has 0 N–H and O–H groups in total. The second-order valence-electron chi connectivity index (χ2n) is 7.63. The largest absolute Gasteiger partial charge is 0.494 e. The van der Waals surface area contributed by atoms with Gasteiger partial charge in [-0.25, -0.2) is 0 Å². The molecule has 1 saturated heterocycles. The van der Waals surface area contributed by atoms with E-state index in [-0.39, 0.29) is 0 Å². The van der Waals surface area contributed by atoms with Crippen LogP contribution in [0.3, 0.4) is 0 Å². The van der Waals surface area contributed by atoms with Crippen molar-refractivity contribution >= 4 is 17.4 Å². The van der Waals surface area contributed by atoms with Crippen molar-refractivity contribution in [2.24, 2.45) is 0 Å². The molecule has 3 nitrogen and oxygen atoms in total. The Morgan fingerprint density at radius 2 is 2.00 bits per heavy atom. The van der Waals surface area contributed by atoms with Gasteiger partial charge < -0.3 is 14.5 Å². The summed E-state index contributed by atoms with van der Waals surface area (Å²) in [6.07, 6.45) is 7.12. The quantitative estimate of drug-likeness (QED) is 0.487. The van der Waals surface area contributed by atoms with Crippen molar-refractivity contribution in [1.29, 1.82) is 0 Å². The van der Waals surface area contributed by atoms with Crippen LogP contribution in [0.2, 0.25) is 0 Å². The summed E-state index contributed by atoms with van der Waals surface area (Å²) in [4.78, 5) is 5.09. The molecule has 0 aromatic heterocycles. The predicted molar refractivity (Wildman–Crippen MR) is 115 cm³/mol. The zero-order valence-corrected chi connectivity index (χ0v) is 17.3. The highest BCUT2D eigenvalue weighted by Crippen LogP contribution is 2.30. The average molecular weight is 375 g/mol. The molecule has 26 heavy (non-hydrogen) atoms. The highest BCUT2D eigenvalue weighted by atomic mass is 32.2.